The Labute approximate surface area is 328 Å². The van der Waals surface area contributed by atoms with E-state index in [1.54, 1.807) is 0 Å². The minimum atomic E-state index is 0.738. The molecule has 0 amide bonds. The molecule has 0 radical (unpaired) electrons. The van der Waals surface area contributed by atoms with Gasteiger partial charge in [0.1, 0.15) is 0 Å². The molecule has 0 atom stereocenters. The Balaban J connectivity index is 1.07. The lowest BCUT2D eigenvalue weighted by atomic mass is 9.91. The van der Waals surface area contributed by atoms with Crippen molar-refractivity contribution in [3.05, 3.63) is 187 Å². The fourth-order valence-corrected chi connectivity index (χ4v) is 9.66. The highest BCUT2D eigenvalue weighted by atomic mass is 32.1. The normalized spacial score (nSPS) is 11.8. The van der Waals surface area contributed by atoms with Crippen molar-refractivity contribution < 1.29 is 0 Å². The fourth-order valence-electron chi connectivity index (χ4n) is 8.59. The van der Waals surface area contributed by atoms with E-state index < -0.39 is 0 Å². The highest BCUT2D eigenvalue weighted by molar-refractivity contribution is 7.25. The van der Waals surface area contributed by atoms with E-state index in [1.165, 1.54) is 81.0 Å². The predicted molar refractivity (Wildman–Crippen MR) is 238 cm³/mol. The molecule has 8 aromatic carbocycles. The van der Waals surface area contributed by atoms with Gasteiger partial charge in [-0.2, -0.15) is 0 Å². The summed E-state index contributed by atoms with van der Waals surface area (Å²) in [6, 6.07) is 63.5. The van der Waals surface area contributed by atoms with Gasteiger partial charge < -0.3 is 4.57 Å². The highest BCUT2D eigenvalue weighted by Gasteiger charge is 2.19. The van der Waals surface area contributed by atoms with Crippen LogP contribution in [0.1, 0.15) is 11.1 Å². The molecule has 11 rings (SSSR count). The van der Waals surface area contributed by atoms with Gasteiger partial charge in [0.2, 0.25) is 0 Å². The van der Waals surface area contributed by atoms with Crippen LogP contribution in [0.5, 0.6) is 0 Å². The van der Waals surface area contributed by atoms with Gasteiger partial charge in [0, 0.05) is 53.1 Å². The summed E-state index contributed by atoms with van der Waals surface area (Å²) < 4.78 is 4.91. The van der Waals surface area contributed by atoms with Crippen molar-refractivity contribution in [1.82, 2.24) is 14.5 Å². The van der Waals surface area contributed by atoms with Crippen LogP contribution >= 0.6 is 11.3 Å². The van der Waals surface area contributed by atoms with Gasteiger partial charge in [0.25, 0.3) is 0 Å². The summed E-state index contributed by atoms with van der Waals surface area (Å²) in [5.41, 5.74) is 14.9. The van der Waals surface area contributed by atoms with E-state index in [9.17, 15) is 0 Å². The summed E-state index contributed by atoms with van der Waals surface area (Å²) in [6.45, 7) is 4.35. The molecule has 0 aliphatic rings. The van der Waals surface area contributed by atoms with Crippen LogP contribution < -0.4 is 0 Å². The minimum absolute atomic E-state index is 0.738. The quantitative estimate of drug-likeness (QED) is 0.176. The lowest BCUT2D eigenvalue weighted by Crippen LogP contribution is -1.98. The van der Waals surface area contributed by atoms with Crippen molar-refractivity contribution in [2.75, 3.05) is 0 Å². The number of aryl methyl sites for hydroxylation is 2. The van der Waals surface area contributed by atoms with Gasteiger partial charge in [0.15, 0.2) is 5.82 Å². The molecule has 0 saturated heterocycles. The first-order valence-corrected chi connectivity index (χ1v) is 19.9. The van der Waals surface area contributed by atoms with Crippen LogP contribution in [0.2, 0.25) is 0 Å². The Kier molecular flexibility index (Phi) is 7.48. The molecule has 0 unspecified atom stereocenters. The van der Waals surface area contributed by atoms with Gasteiger partial charge in [-0.05, 0) is 108 Å². The lowest BCUT2D eigenvalue weighted by Gasteiger charge is -2.16. The van der Waals surface area contributed by atoms with Crippen molar-refractivity contribution in [2.24, 2.45) is 0 Å². The highest BCUT2D eigenvalue weighted by Crippen LogP contribution is 2.42. The van der Waals surface area contributed by atoms with Crippen molar-refractivity contribution in [3.63, 3.8) is 0 Å². The zero-order valence-corrected chi connectivity index (χ0v) is 31.8. The van der Waals surface area contributed by atoms with Crippen molar-refractivity contribution in [3.8, 4) is 50.6 Å². The summed E-state index contributed by atoms with van der Waals surface area (Å²) in [4.78, 5) is 10.6. The molecule has 264 valence electrons. The molecule has 4 heteroatoms. The van der Waals surface area contributed by atoms with Crippen molar-refractivity contribution in [2.45, 2.75) is 13.8 Å². The molecule has 0 bridgehead atoms. The zero-order chi connectivity index (χ0) is 37.3. The third-order valence-corrected chi connectivity index (χ3v) is 12.4. The van der Waals surface area contributed by atoms with Crippen LogP contribution in [0.25, 0.3) is 103 Å². The van der Waals surface area contributed by atoms with E-state index in [0.29, 0.717) is 0 Å². The van der Waals surface area contributed by atoms with E-state index in [4.69, 9.17) is 9.97 Å². The van der Waals surface area contributed by atoms with Crippen molar-refractivity contribution >= 4 is 64.2 Å². The molecule has 0 aliphatic carbocycles. The van der Waals surface area contributed by atoms with E-state index in [-0.39, 0.29) is 0 Å². The van der Waals surface area contributed by atoms with E-state index in [0.717, 1.165) is 33.5 Å². The first kappa shape index (κ1) is 32.5. The second-order valence-electron chi connectivity index (χ2n) is 14.7. The summed E-state index contributed by atoms with van der Waals surface area (Å²) in [7, 11) is 0. The summed E-state index contributed by atoms with van der Waals surface area (Å²) in [5, 5.41) is 6.06. The van der Waals surface area contributed by atoms with Gasteiger partial charge in [-0.15, -0.1) is 11.3 Å². The van der Waals surface area contributed by atoms with Gasteiger partial charge in [-0.3, -0.25) is 0 Å². The number of hydrogen-bond donors (Lipinski definition) is 0. The Morgan fingerprint density at radius 3 is 1.86 bits per heavy atom. The second-order valence-corrected chi connectivity index (χ2v) is 15.8. The first-order valence-electron chi connectivity index (χ1n) is 19.1. The largest absolute Gasteiger partial charge is 0.309 e. The average Bonchev–Trinajstić information content (AvgIpc) is 3.78. The summed E-state index contributed by atoms with van der Waals surface area (Å²) in [6.07, 6.45) is 0. The van der Waals surface area contributed by atoms with Crippen molar-refractivity contribution in [1.29, 1.82) is 0 Å². The maximum atomic E-state index is 5.40. The molecule has 3 heterocycles. The monoisotopic (exact) mass is 733 g/mol. The van der Waals surface area contributed by atoms with Gasteiger partial charge in [0.05, 0.1) is 22.2 Å². The topological polar surface area (TPSA) is 30.7 Å². The Morgan fingerprint density at radius 2 is 1.04 bits per heavy atom. The van der Waals surface area contributed by atoms with Crippen LogP contribution in [0, 0.1) is 13.8 Å². The number of rotatable bonds is 5. The molecule has 3 aromatic heterocycles. The molecule has 0 aliphatic heterocycles. The molecular weight excluding hydrogens is 699 g/mol. The van der Waals surface area contributed by atoms with Gasteiger partial charge in [-0.1, -0.05) is 115 Å². The van der Waals surface area contributed by atoms with E-state index in [2.05, 4.69) is 194 Å². The number of thiophene rings is 1. The first-order chi connectivity index (χ1) is 27.6. The number of aromatic nitrogens is 3. The van der Waals surface area contributed by atoms with E-state index in [1.807, 2.05) is 11.3 Å². The zero-order valence-electron chi connectivity index (χ0n) is 31.0. The summed E-state index contributed by atoms with van der Waals surface area (Å²) >= 11 is 1.84. The average molecular weight is 734 g/mol. The minimum Gasteiger partial charge on any atom is -0.309 e. The van der Waals surface area contributed by atoms with E-state index >= 15 is 0 Å². The maximum Gasteiger partial charge on any atom is 0.161 e. The summed E-state index contributed by atoms with van der Waals surface area (Å²) in [5.74, 6) is 0.738. The Morgan fingerprint density at radius 1 is 0.429 bits per heavy atom. The number of para-hydroxylation sites is 3. The smallest absolute Gasteiger partial charge is 0.161 e. The number of nitrogens with zero attached hydrogens (tertiary/aromatic N) is 3. The molecular formula is C52H35N3S. The molecule has 3 nitrogen and oxygen atoms in total. The number of fused-ring (bicyclic) bond motifs is 7. The van der Waals surface area contributed by atoms with Crippen LogP contribution in [0.15, 0.2) is 176 Å². The second kappa shape index (κ2) is 12.9. The molecule has 0 fully saturated rings. The van der Waals surface area contributed by atoms with Crippen LogP contribution in [0.4, 0.5) is 0 Å². The Hall–Kier alpha value is -6.88. The third-order valence-electron chi connectivity index (χ3n) is 11.3. The van der Waals surface area contributed by atoms with Crippen LogP contribution in [0.3, 0.4) is 0 Å². The third kappa shape index (κ3) is 5.18. The predicted octanol–water partition coefficient (Wildman–Crippen LogP) is 14.4. The SMILES string of the molecule is Cc1ccccc1-c1c(C)cccc1-c1nc(-c2ccc3sc4ccc(-c5ccc6c(c5)c5ccccc5n6-c5ccccc5)cc4c3c2)c2ccccc2n1. The molecule has 0 spiro atoms. The molecule has 56 heavy (non-hydrogen) atoms. The van der Waals surface area contributed by atoms with Crippen LogP contribution in [-0.4, -0.2) is 14.5 Å². The standard InChI is InChI=1S/C52H35N3S/c1-32-13-6-7-17-38(32)50-33(2)14-12-20-41(50)52-53-45-21-10-8-19-40(45)51(54-52)36-25-28-49-44(31-36)43-30-35(24-27-48(43)56-49)34-23-26-47-42(29-34)39-18-9-11-22-46(39)55(47)37-15-4-3-5-16-37/h3-31H,1-2H3. The molecule has 11 aromatic rings. The molecule has 0 saturated carbocycles. The maximum absolute atomic E-state index is 5.40. The Bertz CT molecular complexity index is 3330. The number of benzene rings is 8. The van der Waals surface area contributed by atoms with Gasteiger partial charge >= 0.3 is 0 Å². The van der Waals surface area contributed by atoms with Gasteiger partial charge in [-0.25, -0.2) is 9.97 Å². The number of hydrogen-bond acceptors (Lipinski definition) is 3. The molecule has 0 N–H and O–H groups in total. The lowest BCUT2D eigenvalue weighted by molar-refractivity contribution is 1.18. The fraction of sp³-hybridized carbons (Fsp3) is 0.0385. The van der Waals surface area contributed by atoms with Crippen LogP contribution in [-0.2, 0) is 0 Å².